The number of hydrogen-bond acceptors (Lipinski definition) is 4. The van der Waals surface area contributed by atoms with Crippen LogP contribution in [0.25, 0.3) is 10.9 Å². The third-order valence-corrected chi connectivity index (χ3v) is 5.04. The molecular formula is C22H22N4O2. The third-order valence-electron chi connectivity index (χ3n) is 5.04. The Bertz CT molecular complexity index is 1060. The maximum Gasteiger partial charge on any atom is 0.246 e. The molecule has 2 amide bonds. The topological polar surface area (TPSA) is 74.3 Å². The SMILES string of the molecule is CC(=O)N1CCc2cc(N[C@H](C)C(=O)Nc3cccc4ncccc34)ccc21. The average molecular weight is 374 g/mol. The van der Waals surface area contributed by atoms with Crippen LogP contribution < -0.4 is 15.5 Å². The van der Waals surface area contributed by atoms with E-state index in [9.17, 15) is 9.59 Å². The Morgan fingerprint density at radius 2 is 2.00 bits per heavy atom. The van der Waals surface area contributed by atoms with Gasteiger partial charge in [-0.1, -0.05) is 6.07 Å². The predicted molar refractivity (Wildman–Crippen MR) is 112 cm³/mol. The highest BCUT2D eigenvalue weighted by Crippen LogP contribution is 2.30. The fraction of sp³-hybridized carbons (Fsp3) is 0.227. The lowest BCUT2D eigenvalue weighted by Crippen LogP contribution is -2.32. The van der Waals surface area contributed by atoms with Crippen molar-refractivity contribution in [1.82, 2.24) is 4.98 Å². The van der Waals surface area contributed by atoms with Gasteiger partial charge in [0.05, 0.1) is 11.2 Å². The zero-order valence-corrected chi connectivity index (χ0v) is 15.9. The maximum absolute atomic E-state index is 12.7. The number of fused-ring (bicyclic) bond motifs is 2. The first-order valence-electron chi connectivity index (χ1n) is 9.35. The second-order valence-corrected chi connectivity index (χ2v) is 7.00. The summed E-state index contributed by atoms with van der Waals surface area (Å²) in [6.45, 7) is 4.11. The number of aromatic nitrogens is 1. The Morgan fingerprint density at radius 3 is 2.82 bits per heavy atom. The first kappa shape index (κ1) is 18.0. The van der Waals surface area contributed by atoms with Crippen LogP contribution in [0.1, 0.15) is 19.4 Å². The number of benzene rings is 2. The highest BCUT2D eigenvalue weighted by Gasteiger charge is 2.23. The molecule has 6 nitrogen and oxygen atoms in total. The van der Waals surface area contributed by atoms with Gasteiger partial charge in [0, 0.05) is 36.4 Å². The number of rotatable bonds is 4. The number of carbonyl (C=O) groups is 2. The number of carbonyl (C=O) groups excluding carboxylic acids is 2. The van der Waals surface area contributed by atoms with Gasteiger partial charge in [-0.3, -0.25) is 14.6 Å². The quantitative estimate of drug-likeness (QED) is 0.732. The molecule has 1 atom stereocenters. The molecule has 0 bridgehead atoms. The lowest BCUT2D eigenvalue weighted by Gasteiger charge is -2.18. The summed E-state index contributed by atoms with van der Waals surface area (Å²) in [6.07, 6.45) is 2.56. The lowest BCUT2D eigenvalue weighted by molar-refractivity contribution is -0.117. The molecule has 28 heavy (non-hydrogen) atoms. The third kappa shape index (κ3) is 3.41. The minimum absolute atomic E-state index is 0.0526. The monoisotopic (exact) mass is 374 g/mol. The van der Waals surface area contributed by atoms with Crippen LogP contribution in [-0.2, 0) is 16.0 Å². The van der Waals surface area contributed by atoms with Gasteiger partial charge in [0.25, 0.3) is 0 Å². The summed E-state index contributed by atoms with van der Waals surface area (Å²) in [4.78, 5) is 30.5. The van der Waals surface area contributed by atoms with Crippen molar-refractivity contribution >= 4 is 39.8 Å². The average Bonchev–Trinajstić information content (AvgIpc) is 3.11. The summed E-state index contributed by atoms with van der Waals surface area (Å²) in [5, 5.41) is 7.15. The van der Waals surface area contributed by atoms with E-state index < -0.39 is 6.04 Å². The van der Waals surface area contributed by atoms with E-state index in [2.05, 4.69) is 15.6 Å². The summed E-state index contributed by atoms with van der Waals surface area (Å²) < 4.78 is 0. The molecule has 1 aliphatic rings. The molecule has 0 fully saturated rings. The Morgan fingerprint density at radius 1 is 1.14 bits per heavy atom. The molecule has 0 unspecified atom stereocenters. The van der Waals surface area contributed by atoms with Crippen molar-refractivity contribution in [1.29, 1.82) is 0 Å². The Labute approximate surface area is 163 Å². The van der Waals surface area contributed by atoms with Crippen LogP contribution in [0, 0.1) is 0 Å². The zero-order valence-electron chi connectivity index (χ0n) is 15.9. The van der Waals surface area contributed by atoms with Crippen LogP contribution in [0.5, 0.6) is 0 Å². The van der Waals surface area contributed by atoms with Crippen molar-refractivity contribution in [2.24, 2.45) is 0 Å². The summed E-state index contributed by atoms with van der Waals surface area (Å²) in [5.74, 6) is -0.0704. The van der Waals surface area contributed by atoms with E-state index in [1.54, 1.807) is 18.0 Å². The number of amides is 2. The molecule has 142 valence electrons. The van der Waals surface area contributed by atoms with Crippen LogP contribution in [-0.4, -0.2) is 29.4 Å². The van der Waals surface area contributed by atoms with Gasteiger partial charge in [-0.15, -0.1) is 0 Å². The zero-order chi connectivity index (χ0) is 19.7. The number of hydrogen-bond donors (Lipinski definition) is 2. The van der Waals surface area contributed by atoms with E-state index in [1.165, 1.54) is 0 Å². The van der Waals surface area contributed by atoms with Crippen molar-refractivity contribution in [3.63, 3.8) is 0 Å². The highest BCUT2D eigenvalue weighted by atomic mass is 16.2. The van der Waals surface area contributed by atoms with Crippen LogP contribution in [0.2, 0.25) is 0 Å². The molecular weight excluding hydrogens is 352 g/mol. The van der Waals surface area contributed by atoms with Gasteiger partial charge in [0.1, 0.15) is 6.04 Å². The summed E-state index contributed by atoms with van der Waals surface area (Å²) in [7, 11) is 0. The Kier molecular flexibility index (Phi) is 4.69. The van der Waals surface area contributed by atoms with Crippen molar-refractivity contribution < 1.29 is 9.59 Å². The summed E-state index contributed by atoms with van der Waals surface area (Å²) in [6, 6.07) is 14.9. The van der Waals surface area contributed by atoms with E-state index in [1.807, 2.05) is 55.5 Å². The Hall–Kier alpha value is -3.41. The molecule has 6 heteroatoms. The molecule has 4 rings (SSSR count). The van der Waals surface area contributed by atoms with Gasteiger partial charge in [-0.05, 0) is 61.4 Å². The molecule has 2 aromatic carbocycles. The van der Waals surface area contributed by atoms with Gasteiger partial charge >= 0.3 is 0 Å². The van der Waals surface area contributed by atoms with E-state index in [-0.39, 0.29) is 11.8 Å². The van der Waals surface area contributed by atoms with Crippen LogP contribution in [0.3, 0.4) is 0 Å². The molecule has 1 aliphatic heterocycles. The number of pyridine rings is 1. The smallest absolute Gasteiger partial charge is 0.246 e. The largest absolute Gasteiger partial charge is 0.374 e. The predicted octanol–water partition coefficient (Wildman–Crippen LogP) is 3.58. The van der Waals surface area contributed by atoms with Gasteiger partial charge in [-0.25, -0.2) is 0 Å². The molecule has 0 spiro atoms. The molecule has 2 heterocycles. The Balaban J connectivity index is 1.47. The fourth-order valence-corrected chi connectivity index (χ4v) is 3.59. The normalized spacial score (nSPS) is 13.9. The van der Waals surface area contributed by atoms with Gasteiger partial charge in [0.15, 0.2) is 0 Å². The molecule has 1 aromatic heterocycles. The van der Waals surface area contributed by atoms with Crippen LogP contribution >= 0.6 is 0 Å². The fourth-order valence-electron chi connectivity index (χ4n) is 3.59. The summed E-state index contributed by atoms with van der Waals surface area (Å²) >= 11 is 0. The van der Waals surface area contributed by atoms with Crippen molar-refractivity contribution in [2.75, 3.05) is 22.1 Å². The second-order valence-electron chi connectivity index (χ2n) is 7.00. The first-order chi connectivity index (χ1) is 13.5. The van der Waals surface area contributed by atoms with E-state index in [0.717, 1.165) is 39.9 Å². The maximum atomic E-state index is 12.7. The number of nitrogens with zero attached hydrogens (tertiary/aromatic N) is 2. The van der Waals surface area contributed by atoms with Crippen molar-refractivity contribution in [3.05, 3.63) is 60.3 Å². The molecule has 0 radical (unpaired) electrons. The molecule has 3 aromatic rings. The molecule has 0 saturated heterocycles. The van der Waals surface area contributed by atoms with Gasteiger partial charge < -0.3 is 15.5 Å². The molecule has 0 aliphatic carbocycles. The second kappa shape index (κ2) is 7.31. The summed E-state index contributed by atoms with van der Waals surface area (Å²) in [5.41, 5.74) is 4.53. The van der Waals surface area contributed by atoms with E-state index in [4.69, 9.17) is 0 Å². The highest BCUT2D eigenvalue weighted by molar-refractivity contribution is 6.03. The van der Waals surface area contributed by atoms with E-state index >= 15 is 0 Å². The standard InChI is InChI=1S/C22H22N4O2/c1-14(22(28)25-20-7-3-6-19-18(20)5-4-11-23-19)24-17-8-9-21-16(13-17)10-12-26(21)15(2)27/h3-9,11,13-14,24H,10,12H2,1-2H3,(H,25,28)/t14-/m1/s1. The lowest BCUT2D eigenvalue weighted by atomic mass is 10.1. The van der Waals surface area contributed by atoms with Crippen molar-refractivity contribution in [3.8, 4) is 0 Å². The molecule has 2 N–H and O–H groups in total. The first-order valence-corrected chi connectivity index (χ1v) is 9.35. The molecule has 0 saturated carbocycles. The van der Waals surface area contributed by atoms with Gasteiger partial charge in [0.2, 0.25) is 11.8 Å². The van der Waals surface area contributed by atoms with E-state index in [0.29, 0.717) is 6.54 Å². The number of anilines is 3. The van der Waals surface area contributed by atoms with Crippen molar-refractivity contribution in [2.45, 2.75) is 26.3 Å². The van der Waals surface area contributed by atoms with Gasteiger partial charge in [-0.2, -0.15) is 0 Å². The minimum Gasteiger partial charge on any atom is -0.374 e. The number of nitrogens with one attached hydrogen (secondary N) is 2. The minimum atomic E-state index is -0.421. The van der Waals surface area contributed by atoms with Crippen LogP contribution in [0.4, 0.5) is 17.1 Å². The van der Waals surface area contributed by atoms with Crippen LogP contribution in [0.15, 0.2) is 54.7 Å².